The Hall–Kier alpha value is -2.83. The molecule has 0 radical (unpaired) electrons. The lowest BCUT2D eigenvalue weighted by Gasteiger charge is -2.12. The molecule has 0 aliphatic heterocycles. The molecule has 0 unspecified atom stereocenters. The maximum absolute atomic E-state index is 12.3. The molecule has 0 aliphatic carbocycles. The Labute approximate surface area is 138 Å². The van der Waals surface area contributed by atoms with E-state index in [0.29, 0.717) is 23.6 Å². The summed E-state index contributed by atoms with van der Waals surface area (Å²) in [6.07, 6.45) is 0. The Morgan fingerprint density at radius 1 is 1.12 bits per heavy atom. The van der Waals surface area contributed by atoms with E-state index in [1.165, 1.54) is 6.07 Å². The number of benzene rings is 2. The van der Waals surface area contributed by atoms with Crippen molar-refractivity contribution < 1.29 is 23.0 Å². The fraction of sp³-hybridized carbons (Fsp3) is 0.235. The zero-order valence-corrected chi connectivity index (χ0v) is 13.1. The number of halogens is 2. The second-order valence-corrected chi connectivity index (χ2v) is 4.75. The van der Waals surface area contributed by atoms with Crippen molar-refractivity contribution in [2.45, 2.75) is 20.1 Å². The van der Waals surface area contributed by atoms with E-state index in [-0.39, 0.29) is 12.3 Å². The summed E-state index contributed by atoms with van der Waals surface area (Å²) in [5, 5.41) is 5.24. The normalized spacial score (nSPS) is 10.3. The lowest BCUT2D eigenvalue weighted by molar-refractivity contribution is -0.0504. The Morgan fingerprint density at radius 3 is 2.50 bits per heavy atom. The molecule has 0 spiro atoms. The Balaban J connectivity index is 1.89. The number of anilines is 1. The summed E-state index contributed by atoms with van der Waals surface area (Å²) in [6, 6.07) is 12.7. The quantitative estimate of drug-likeness (QED) is 0.803. The Bertz CT molecular complexity index is 663. The van der Waals surface area contributed by atoms with E-state index in [1.807, 2.05) is 6.92 Å². The van der Waals surface area contributed by atoms with Crippen LogP contribution in [0.4, 0.5) is 19.3 Å². The topological polar surface area (TPSA) is 59.6 Å². The van der Waals surface area contributed by atoms with Crippen LogP contribution in [0.3, 0.4) is 0 Å². The first-order valence-electron chi connectivity index (χ1n) is 7.39. The third-order valence-corrected chi connectivity index (χ3v) is 3.05. The molecule has 0 aliphatic rings. The maximum atomic E-state index is 12.3. The number of nitrogens with one attached hydrogen (secondary N) is 2. The van der Waals surface area contributed by atoms with Gasteiger partial charge in [0.2, 0.25) is 0 Å². The van der Waals surface area contributed by atoms with Gasteiger partial charge in [-0.3, -0.25) is 0 Å². The van der Waals surface area contributed by atoms with Crippen LogP contribution in [0.5, 0.6) is 11.5 Å². The Kier molecular flexibility index (Phi) is 6.36. The van der Waals surface area contributed by atoms with Gasteiger partial charge in [0.05, 0.1) is 6.61 Å². The lowest BCUT2D eigenvalue weighted by atomic mass is 10.2. The minimum Gasteiger partial charge on any atom is -0.494 e. The molecule has 0 aromatic heterocycles. The number of carbonyl (C=O) groups excluding carboxylic acids is 1. The molecule has 0 bridgehead atoms. The van der Waals surface area contributed by atoms with E-state index in [0.717, 1.165) is 0 Å². The first kappa shape index (κ1) is 17.5. The molecule has 2 aromatic carbocycles. The molecule has 5 nitrogen and oxygen atoms in total. The summed E-state index contributed by atoms with van der Waals surface area (Å²) in [5.74, 6) is 0.746. The van der Waals surface area contributed by atoms with Gasteiger partial charge in [-0.25, -0.2) is 4.79 Å². The number of rotatable bonds is 7. The molecule has 0 heterocycles. The molecule has 2 aromatic rings. The largest absolute Gasteiger partial charge is 0.494 e. The van der Waals surface area contributed by atoms with Crippen LogP contribution in [-0.4, -0.2) is 19.2 Å². The van der Waals surface area contributed by atoms with Crippen molar-refractivity contribution in [3.05, 3.63) is 54.1 Å². The number of amides is 2. The van der Waals surface area contributed by atoms with E-state index in [1.54, 1.807) is 42.5 Å². The summed E-state index contributed by atoms with van der Waals surface area (Å²) in [5.41, 5.74) is 1.05. The van der Waals surface area contributed by atoms with E-state index in [4.69, 9.17) is 4.74 Å². The monoisotopic (exact) mass is 336 g/mol. The second-order valence-electron chi connectivity index (χ2n) is 4.75. The van der Waals surface area contributed by atoms with Crippen LogP contribution in [0.1, 0.15) is 12.5 Å². The van der Waals surface area contributed by atoms with Gasteiger partial charge in [-0.2, -0.15) is 8.78 Å². The van der Waals surface area contributed by atoms with Crippen molar-refractivity contribution in [1.29, 1.82) is 0 Å². The molecular formula is C17H18F2N2O3. The second kappa shape index (κ2) is 8.71. The number of hydrogen-bond donors (Lipinski definition) is 2. The van der Waals surface area contributed by atoms with Gasteiger partial charge in [0.25, 0.3) is 0 Å². The summed E-state index contributed by atoms with van der Waals surface area (Å²) in [6.45, 7) is -0.405. The molecule has 24 heavy (non-hydrogen) atoms. The van der Waals surface area contributed by atoms with Gasteiger partial charge in [0.1, 0.15) is 11.5 Å². The van der Waals surface area contributed by atoms with Crippen LogP contribution >= 0.6 is 0 Å². The molecule has 0 atom stereocenters. The fourth-order valence-electron chi connectivity index (χ4n) is 2.01. The first-order valence-corrected chi connectivity index (χ1v) is 7.39. The van der Waals surface area contributed by atoms with Crippen molar-refractivity contribution in [2.24, 2.45) is 0 Å². The van der Waals surface area contributed by atoms with Crippen LogP contribution in [0.15, 0.2) is 48.5 Å². The predicted molar refractivity (Wildman–Crippen MR) is 86.5 cm³/mol. The highest BCUT2D eigenvalue weighted by Crippen LogP contribution is 2.20. The van der Waals surface area contributed by atoms with E-state index >= 15 is 0 Å². The van der Waals surface area contributed by atoms with Crippen LogP contribution in [0.25, 0.3) is 0 Å². The van der Waals surface area contributed by atoms with Crippen LogP contribution in [-0.2, 0) is 6.54 Å². The van der Waals surface area contributed by atoms with Gasteiger partial charge >= 0.3 is 12.6 Å². The SMILES string of the molecule is CCOc1ccc(NC(=O)NCc2ccccc2OC(F)F)cc1. The Morgan fingerprint density at radius 2 is 1.83 bits per heavy atom. The third kappa shape index (κ3) is 5.42. The highest BCUT2D eigenvalue weighted by molar-refractivity contribution is 5.89. The van der Waals surface area contributed by atoms with Gasteiger partial charge in [-0.1, -0.05) is 18.2 Å². The minimum absolute atomic E-state index is 0.0360. The highest BCUT2D eigenvalue weighted by Gasteiger charge is 2.10. The molecule has 128 valence electrons. The molecule has 0 fully saturated rings. The zero-order chi connectivity index (χ0) is 17.4. The van der Waals surface area contributed by atoms with E-state index < -0.39 is 12.6 Å². The van der Waals surface area contributed by atoms with Crippen molar-refractivity contribution in [3.8, 4) is 11.5 Å². The average Bonchev–Trinajstić information content (AvgIpc) is 2.56. The molecule has 2 N–H and O–H groups in total. The number of para-hydroxylation sites is 1. The van der Waals surface area contributed by atoms with Gasteiger partial charge in [0, 0.05) is 17.8 Å². The van der Waals surface area contributed by atoms with Crippen molar-refractivity contribution in [3.63, 3.8) is 0 Å². The molecule has 2 amide bonds. The van der Waals surface area contributed by atoms with Crippen LogP contribution in [0, 0.1) is 0 Å². The van der Waals surface area contributed by atoms with Crippen molar-refractivity contribution in [1.82, 2.24) is 5.32 Å². The van der Waals surface area contributed by atoms with E-state index in [2.05, 4.69) is 15.4 Å². The predicted octanol–water partition coefficient (Wildman–Crippen LogP) is 4.01. The summed E-state index contributed by atoms with van der Waals surface area (Å²) < 4.78 is 34.4. The maximum Gasteiger partial charge on any atom is 0.387 e. The molecule has 0 saturated heterocycles. The number of hydrogen-bond acceptors (Lipinski definition) is 3. The van der Waals surface area contributed by atoms with Crippen LogP contribution in [0.2, 0.25) is 0 Å². The number of urea groups is 1. The van der Waals surface area contributed by atoms with Gasteiger partial charge < -0.3 is 20.1 Å². The summed E-state index contributed by atoms with van der Waals surface area (Å²) >= 11 is 0. The molecular weight excluding hydrogens is 318 g/mol. The van der Waals surface area contributed by atoms with Crippen LogP contribution < -0.4 is 20.1 Å². The smallest absolute Gasteiger partial charge is 0.387 e. The van der Waals surface area contributed by atoms with Crippen molar-refractivity contribution >= 4 is 11.7 Å². The minimum atomic E-state index is -2.91. The average molecular weight is 336 g/mol. The molecule has 2 rings (SSSR count). The van der Waals surface area contributed by atoms with E-state index in [9.17, 15) is 13.6 Å². The third-order valence-electron chi connectivity index (χ3n) is 3.05. The lowest BCUT2D eigenvalue weighted by Crippen LogP contribution is -2.28. The highest BCUT2D eigenvalue weighted by atomic mass is 19.3. The molecule has 7 heteroatoms. The van der Waals surface area contributed by atoms with Gasteiger partial charge in [-0.15, -0.1) is 0 Å². The number of ether oxygens (including phenoxy) is 2. The number of carbonyl (C=O) groups is 1. The first-order chi connectivity index (χ1) is 11.6. The molecule has 0 saturated carbocycles. The standard InChI is InChI=1S/C17H18F2N2O3/c1-2-23-14-9-7-13(8-10-14)21-17(22)20-11-12-5-3-4-6-15(12)24-16(18)19/h3-10,16H,2,11H2,1H3,(H2,20,21,22). The van der Waals surface area contributed by atoms with Gasteiger partial charge in [-0.05, 0) is 37.3 Å². The number of alkyl halides is 2. The zero-order valence-electron chi connectivity index (χ0n) is 13.1. The fourth-order valence-corrected chi connectivity index (χ4v) is 2.01. The summed E-state index contributed by atoms with van der Waals surface area (Å²) in [7, 11) is 0. The van der Waals surface area contributed by atoms with Crippen molar-refractivity contribution in [2.75, 3.05) is 11.9 Å². The summed E-state index contributed by atoms with van der Waals surface area (Å²) in [4.78, 5) is 11.9. The van der Waals surface area contributed by atoms with Gasteiger partial charge in [0.15, 0.2) is 0 Å².